The van der Waals surface area contributed by atoms with Crippen molar-refractivity contribution in [3.8, 4) is 11.1 Å². The Hall–Kier alpha value is -3.56. The van der Waals surface area contributed by atoms with Crippen molar-refractivity contribution in [3.63, 3.8) is 0 Å². The van der Waals surface area contributed by atoms with Gasteiger partial charge in [-0.15, -0.1) is 0 Å². The van der Waals surface area contributed by atoms with Crippen LogP contribution in [0.4, 0.5) is 35.3 Å². The van der Waals surface area contributed by atoms with E-state index in [0.29, 0.717) is 11.5 Å². The summed E-state index contributed by atoms with van der Waals surface area (Å²) in [5.74, 6) is 0.0434. The number of halogens is 3. The average Bonchev–Trinajstić information content (AvgIpc) is 3.38. The van der Waals surface area contributed by atoms with Crippen molar-refractivity contribution in [1.29, 1.82) is 0 Å². The van der Waals surface area contributed by atoms with Crippen LogP contribution >= 0.6 is 0 Å². The summed E-state index contributed by atoms with van der Waals surface area (Å²) in [7, 11) is 0. The maximum atomic E-state index is 13.1. The smallest absolute Gasteiger partial charge is 0.384 e. The summed E-state index contributed by atoms with van der Waals surface area (Å²) in [4.78, 5) is 16.1. The SMILES string of the molecule is Nc1ccc(-c2ccc(NC(=O)Nc3cc(C4(C(F)(F)F)CC4)on3)cc2)cn1. The minimum Gasteiger partial charge on any atom is -0.384 e. The third kappa shape index (κ3) is 3.73. The molecule has 0 aliphatic heterocycles. The van der Waals surface area contributed by atoms with Crippen molar-refractivity contribution in [2.75, 3.05) is 16.4 Å². The minimum absolute atomic E-state index is 0.0484. The van der Waals surface area contributed by atoms with Crippen molar-refractivity contribution >= 4 is 23.4 Å². The number of aromatic nitrogens is 2. The number of rotatable bonds is 4. The lowest BCUT2D eigenvalue weighted by atomic mass is 10.0. The van der Waals surface area contributed by atoms with Crippen LogP contribution in [0.2, 0.25) is 0 Å². The molecule has 0 radical (unpaired) electrons. The number of anilines is 3. The largest absolute Gasteiger partial charge is 0.401 e. The Morgan fingerprint density at radius 1 is 1.07 bits per heavy atom. The first-order chi connectivity index (χ1) is 13.8. The summed E-state index contributed by atoms with van der Waals surface area (Å²) in [6, 6.07) is 10.9. The van der Waals surface area contributed by atoms with E-state index in [-0.39, 0.29) is 24.4 Å². The van der Waals surface area contributed by atoms with Gasteiger partial charge in [-0.05, 0) is 42.7 Å². The van der Waals surface area contributed by atoms with Gasteiger partial charge in [-0.3, -0.25) is 5.32 Å². The van der Waals surface area contributed by atoms with Gasteiger partial charge in [0.05, 0.1) is 0 Å². The van der Waals surface area contributed by atoms with Crippen LogP contribution in [0.25, 0.3) is 11.1 Å². The van der Waals surface area contributed by atoms with Crippen LogP contribution in [-0.4, -0.2) is 22.3 Å². The number of pyridine rings is 1. The van der Waals surface area contributed by atoms with Crippen molar-refractivity contribution in [1.82, 2.24) is 10.1 Å². The van der Waals surface area contributed by atoms with E-state index in [0.717, 1.165) is 17.2 Å². The number of nitrogens with one attached hydrogen (secondary N) is 2. The number of alkyl halides is 3. The predicted octanol–water partition coefficient (Wildman–Crippen LogP) is 4.56. The third-order valence-electron chi connectivity index (χ3n) is 4.78. The molecule has 1 aromatic carbocycles. The number of hydrogen-bond donors (Lipinski definition) is 3. The number of hydrogen-bond acceptors (Lipinski definition) is 5. The third-order valence-corrected chi connectivity index (χ3v) is 4.78. The molecule has 7 nitrogen and oxygen atoms in total. The molecule has 3 aromatic rings. The van der Waals surface area contributed by atoms with Crippen LogP contribution in [0.5, 0.6) is 0 Å². The van der Waals surface area contributed by atoms with E-state index >= 15 is 0 Å². The quantitative estimate of drug-likeness (QED) is 0.592. The molecule has 1 saturated carbocycles. The number of urea groups is 1. The maximum Gasteiger partial charge on any atom is 0.401 e. The predicted molar refractivity (Wildman–Crippen MR) is 100 cm³/mol. The highest BCUT2D eigenvalue weighted by molar-refractivity contribution is 5.99. The number of amides is 2. The zero-order valence-corrected chi connectivity index (χ0v) is 15.0. The number of nitrogen functional groups attached to an aromatic ring is 1. The zero-order chi connectivity index (χ0) is 20.6. The molecular formula is C19H16F3N5O2. The van der Waals surface area contributed by atoms with Gasteiger partial charge in [0.1, 0.15) is 11.2 Å². The highest BCUT2D eigenvalue weighted by Gasteiger charge is 2.66. The van der Waals surface area contributed by atoms with E-state index in [1.54, 1.807) is 36.5 Å². The van der Waals surface area contributed by atoms with Crippen molar-refractivity contribution in [2.45, 2.75) is 24.4 Å². The summed E-state index contributed by atoms with van der Waals surface area (Å²) >= 11 is 0. The summed E-state index contributed by atoms with van der Waals surface area (Å²) in [5, 5.41) is 8.47. The number of carbonyl (C=O) groups is 1. The highest BCUT2D eigenvalue weighted by Crippen LogP contribution is 2.59. The molecule has 0 saturated heterocycles. The fourth-order valence-electron chi connectivity index (χ4n) is 2.95. The molecule has 10 heteroatoms. The zero-order valence-electron chi connectivity index (χ0n) is 15.0. The van der Waals surface area contributed by atoms with Gasteiger partial charge in [0.2, 0.25) is 0 Å². The summed E-state index contributed by atoms with van der Waals surface area (Å²) in [6.07, 6.45) is -2.87. The van der Waals surface area contributed by atoms with Gasteiger partial charge in [-0.2, -0.15) is 13.2 Å². The Labute approximate surface area is 163 Å². The normalized spacial score (nSPS) is 15.0. The van der Waals surface area contributed by atoms with Gasteiger partial charge in [0.25, 0.3) is 0 Å². The second-order valence-corrected chi connectivity index (χ2v) is 6.78. The Kier molecular flexibility index (Phi) is 4.40. The first-order valence-electron chi connectivity index (χ1n) is 8.71. The topological polar surface area (TPSA) is 106 Å². The number of nitrogens with two attached hydrogens (primary N) is 1. The molecule has 2 heterocycles. The highest BCUT2D eigenvalue weighted by atomic mass is 19.4. The summed E-state index contributed by atoms with van der Waals surface area (Å²) in [5.41, 5.74) is 5.82. The molecule has 1 fully saturated rings. The van der Waals surface area contributed by atoms with E-state index in [4.69, 9.17) is 10.3 Å². The lowest BCUT2D eigenvalue weighted by Gasteiger charge is -2.14. The molecule has 1 aliphatic carbocycles. The Bertz CT molecular complexity index is 1030. The molecule has 4 rings (SSSR count). The number of carbonyl (C=O) groups excluding carboxylic acids is 1. The van der Waals surface area contributed by atoms with Gasteiger partial charge in [-0.1, -0.05) is 17.3 Å². The lowest BCUT2D eigenvalue weighted by molar-refractivity contribution is -0.165. The van der Waals surface area contributed by atoms with Gasteiger partial charge < -0.3 is 15.6 Å². The molecule has 0 unspecified atom stereocenters. The number of nitrogens with zero attached hydrogens (tertiary/aromatic N) is 2. The minimum atomic E-state index is -4.41. The van der Waals surface area contributed by atoms with E-state index in [9.17, 15) is 18.0 Å². The maximum absolute atomic E-state index is 13.1. The molecule has 0 spiro atoms. The first kappa shape index (κ1) is 18.8. The molecule has 4 N–H and O–H groups in total. The van der Waals surface area contributed by atoms with Crippen LogP contribution in [0.3, 0.4) is 0 Å². The van der Waals surface area contributed by atoms with E-state index in [1.807, 2.05) is 6.07 Å². The van der Waals surface area contributed by atoms with Gasteiger partial charge in [0, 0.05) is 23.5 Å². The second kappa shape index (κ2) is 6.80. The van der Waals surface area contributed by atoms with Crippen molar-refractivity contribution in [3.05, 3.63) is 54.4 Å². The molecule has 29 heavy (non-hydrogen) atoms. The summed E-state index contributed by atoms with van der Waals surface area (Å²) in [6.45, 7) is 0. The summed E-state index contributed by atoms with van der Waals surface area (Å²) < 4.78 is 44.2. The molecule has 2 aromatic heterocycles. The van der Waals surface area contributed by atoms with Gasteiger partial charge in [-0.25, -0.2) is 9.78 Å². The Morgan fingerprint density at radius 2 is 1.76 bits per heavy atom. The molecular weight excluding hydrogens is 387 g/mol. The Balaban J connectivity index is 1.38. The van der Waals surface area contributed by atoms with Crippen LogP contribution < -0.4 is 16.4 Å². The average molecular weight is 403 g/mol. The fraction of sp³-hybridized carbons (Fsp3) is 0.211. The fourth-order valence-corrected chi connectivity index (χ4v) is 2.95. The van der Waals surface area contributed by atoms with Crippen molar-refractivity contribution in [2.24, 2.45) is 0 Å². The second-order valence-electron chi connectivity index (χ2n) is 6.78. The van der Waals surface area contributed by atoms with Crippen LogP contribution in [0, 0.1) is 0 Å². The monoisotopic (exact) mass is 403 g/mol. The van der Waals surface area contributed by atoms with Gasteiger partial charge in [0.15, 0.2) is 11.6 Å². The standard InChI is InChI=1S/C19H16F3N5O2/c20-19(21,22)18(7-8-18)14-9-16(27-29-14)26-17(28)25-13-4-1-11(2-5-13)12-3-6-15(23)24-10-12/h1-6,9-10H,7-8H2,(H2,23,24)(H2,25,26,27,28). The first-order valence-corrected chi connectivity index (χ1v) is 8.71. The Morgan fingerprint density at radius 3 is 2.34 bits per heavy atom. The van der Waals surface area contributed by atoms with E-state index in [1.165, 1.54) is 0 Å². The molecule has 2 amide bonds. The van der Waals surface area contributed by atoms with E-state index in [2.05, 4.69) is 20.8 Å². The molecule has 0 bridgehead atoms. The lowest BCUT2D eigenvalue weighted by Crippen LogP contribution is -2.28. The van der Waals surface area contributed by atoms with Crippen molar-refractivity contribution < 1.29 is 22.5 Å². The molecule has 0 atom stereocenters. The van der Waals surface area contributed by atoms with Gasteiger partial charge >= 0.3 is 12.2 Å². The molecule has 1 aliphatic rings. The van der Waals surface area contributed by atoms with Crippen LogP contribution in [0.15, 0.2) is 53.2 Å². The molecule has 150 valence electrons. The van der Waals surface area contributed by atoms with Crippen LogP contribution in [0.1, 0.15) is 18.6 Å². The van der Waals surface area contributed by atoms with E-state index < -0.39 is 17.6 Å². The van der Waals surface area contributed by atoms with Crippen LogP contribution in [-0.2, 0) is 5.41 Å². The number of benzene rings is 1.